The number of carbonyl (C=O) groups excluding carboxylic acids is 2. The van der Waals surface area contributed by atoms with E-state index in [4.69, 9.17) is 0 Å². The Morgan fingerprint density at radius 1 is 1.12 bits per heavy atom. The lowest BCUT2D eigenvalue weighted by Gasteiger charge is -2.24. The van der Waals surface area contributed by atoms with Crippen LogP contribution in [0.5, 0.6) is 0 Å². The van der Waals surface area contributed by atoms with Gasteiger partial charge in [0.1, 0.15) is 6.04 Å². The number of hydrogen-bond donors (Lipinski definition) is 2. The molecule has 0 saturated carbocycles. The smallest absolute Gasteiger partial charge is 0.322 e. The Balaban J connectivity index is 1.59. The molecule has 1 aliphatic heterocycles. The second kappa shape index (κ2) is 7.83. The van der Waals surface area contributed by atoms with Crippen LogP contribution in [0.3, 0.4) is 0 Å². The predicted octanol–water partition coefficient (Wildman–Crippen LogP) is 3.31. The lowest BCUT2D eigenvalue weighted by Crippen LogP contribution is -2.47. The molecule has 3 amide bonds. The molecule has 1 atom stereocenters. The van der Waals surface area contributed by atoms with Gasteiger partial charge in [-0.15, -0.1) is 0 Å². The summed E-state index contributed by atoms with van der Waals surface area (Å²) in [5, 5.41) is 5.83. The SMILES string of the molecule is Cc1cccc(NC(=O)N2CCC[C@@H]2C(=O)NCc2ccccc2)c1. The minimum absolute atomic E-state index is 0.0965. The summed E-state index contributed by atoms with van der Waals surface area (Å²) in [6, 6.07) is 16.8. The zero-order chi connectivity index (χ0) is 17.6. The van der Waals surface area contributed by atoms with Gasteiger partial charge in [-0.25, -0.2) is 4.79 Å². The number of nitrogens with one attached hydrogen (secondary N) is 2. The van der Waals surface area contributed by atoms with Crippen LogP contribution < -0.4 is 10.6 Å². The molecular weight excluding hydrogens is 314 g/mol. The van der Waals surface area contributed by atoms with Crippen LogP contribution in [0.25, 0.3) is 0 Å². The first-order valence-corrected chi connectivity index (χ1v) is 8.59. The molecule has 2 aromatic rings. The van der Waals surface area contributed by atoms with Crippen molar-refractivity contribution >= 4 is 17.6 Å². The van der Waals surface area contributed by atoms with Gasteiger partial charge in [-0.2, -0.15) is 0 Å². The number of amides is 3. The number of nitrogens with zero attached hydrogens (tertiary/aromatic N) is 1. The summed E-state index contributed by atoms with van der Waals surface area (Å²) < 4.78 is 0. The number of aryl methyl sites for hydroxylation is 1. The van der Waals surface area contributed by atoms with Gasteiger partial charge in [-0.1, -0.05) is 42.5 Å². The van der Waals surface area contributed by atoms with Crippen molar-refractivity contribution in [2.75, 3.05) is 11.9 Å². The maximum atomic E-state index is 12.5. The molecule has 25 heavy (non-hydrogen) atoms. The topological polar surface area (TPSA) is 61.4 Å². The fraction of sp³-hybridized carbons (Fsp3) is 0.300. The molecule has 0 spiro atoms. The number of urea groups is 1. The van der Waals surface area contributed by atoms with Gasteiger partial charge in [-0.05, 0) is 43.0 Å². The van der Waals surface area contributed by atoms with E-state index < -0.39 is 6.04 Å². The third-order valence-electron chi connectivity index (χ3n) is 4.40. The van der Waals surface area contributed by atoms with Crippen molar-refractivity contribution in [1.82, 2.24) is 10.2 Å². The van der Waals surface area contributed by atoms with Crippen LogP contribution in [-0.2, 0) is 11.3 Å². The fourth-order valence-corrected chi connectivity index (χ4v) is 3.10. The molecule has 2 aromatic carbocycles. The minimum atomic E-state index is -0.409. The van der Waals surface area contributed by atoms with Crippen LogP contribution in [-0.4, -0.2) is 29.4 Å². The van der Waals surface area contributed by atoms with Crippen molar-refractivity contribution in [3.63, 3.8) is 0 Å². The van der Waals surface area contributed by atoms with E-state index in [0.717, 1.165) is 23.2 Å². The first-order valence-electron chi connectivity index (χ1n) is 8.59. The fourth-order valence-electron chi connectivity index (χ4n) is 3.10. The van der Waals surface area contributed by atoms with Gasteiger partial charge in [0.2, 0.25) is 5.91 Å². The molecule has 1 heterocycles. The Morgan fingerprint density at radius 2 is 1.92 bits per heavy atom. The van der Waals surface area contributed by atoms with Crippen molar-refractivity contribution in [3.8, 4) is 0 Å². The highest BCUT2D eigenvalue weighted by Gasteiger charge is 2.34. The molecular formula is C20H23N3O2. The summed E-state index contributed by atoms with van der Waals surface area (Å²) in [4.78, 5) is 26.7. The normalized spacial score (nSPS) is 16.5. The van der Waals surface area contributed by atoms with Crippen molar-refractivity contribution < 1.29 is 9.59 Å². The van der Waals surface area contributed by atoms with E-state index in [1.807, 2.05) is 61.5 Å². The van der Waals surface area contributed by atoms with Crippen LogP contribution >= 0.6 is 0 Å². The van der Waals surface area contributed by atoms with Crippen molar-refractivity contribution in [3.05, 3.63) is 65.7 Å². The third-order valence-corrected chi connectivity index (χ3v) is 4.40. The Morgan fingerprint density at radius 3 is 2.68 bits per heavy atom. The summed E-state index contributed by atoms with van der Waals surface area (Å²) in [5.41, 5.74) is 2.88. The lowest BCUT2D eigenvalue weighted by atomic mass is 10.2. The minimum Gasteiger partial charge on any atom is -0.350 e. The summed E-state index contributed by atoms with van der Waals surface area (Å²) in [6.07, 6.45) is 1.53. The van der Waals surface area contributed by atoms with Crippen LogP contribution in [0.1, 0.15) is 24.0 Å². The molecule has 2 N–H and O–H groups in total. The van der Waals surface area contributed by atoms with E-state index in [1.54, 1.807) is 4.90 Å². The van der Waals surface area contributed by atoms with Crippen LogP contribution in [0.4, 0.5) is 10.5 Å². The second-order valence-electron chi connectivity index (χ2n) is 6.35. The second-order valence-corrected chi connectivity index (χ2v) is 6.35. The molecule has 3 rings (SSSR count). The van der Waals surface area contributed by atoms with E-state index in [0.29, 0.717) is 19.5 Å². The predicted molar refractivity (Wildman–Crippen MR) is 98.2 cm³/mol. The van der Waals surface area contributed by atoms with Crippen LogP contribution in [0, 0.1) is 6.92 Å². The standard InChI is InChI=1S/C20H23N3O2/c1-15-7-5-10-17(13-15)22-20(25)23-12-6-11-18(23)19(24)21-14-16-8-3-2-4-9-16/h2-5,7-10,13,18H,6,11-12,14H2,1H3,(H,21,24)(H,22,25)/t18-/m1/s1. The van der Waals surface area contributed by atoms with Gasteiger partial charge < -0.3 is 15.5 Å². The Kier molecular flexibility index (Phi) is 5.33. The molecule has 5 nitrogen and oxygen atoms in total. The Hall–Kier alpha value is -2.82. The van der Waals surface area contributed by atoms with Crippen molar-refractivity contribution in [2.45, 2.75) is 32.4 Å². The summed E-state index contributed by atoms with van der Waals surface area (Å²) in [5.74, 6) is -0.0965. The number of likely N-dealkylation sites (tertiary alicyclic amines) is 1. The molecule has 1 fully saturated rings. The van der Waals surface area contributed by atoms with Gasteiger partial charge in [0, 0.05) is 18.8 Å². The van der Waals surface area contributed by atoms with E-state index in [9.17, 15) is 9.59 Å². The molecule has 5 heteroatoms. The molecule has 0 aliphatic carbocycles. The lowest BCUT2D eigenvalue weighted by molar-refractivity contribution is -0.124. The highest BCUT2D eigenvalue weighted by Crippen LogP contribution is 2.20. The highest BCUT2D eigenvalue weighted by atomic mass is 16.2. The summed E-state index contributed by atoms with van der Waals surface area (Å²) >= 11 is 0. The molecule has 0 bridgehead atoms. The molecule has 1 saturated heterocycles. The number of rotatable bonds is 4. The van der Waals surface area contributed by atoms with Gasteiger partial charge in [0.05, 0.1) is 0 Å². The first kappa shape index (κ1) is 17.0. The van der Waals surface area contributed by atoms with E-state index >= 15 is 0 Å². The van der Waals surface area contributed by atoms with Crippen molar-refractivity contribution in [2.24, 2.45) is 0 Å². The van der Waals surface area contributed by atoms with E-state index in [2.05, 4.69) is 10.6 Å². The average molecular weight is 337 g/mol. The maximum Gasteiger partial charge on any atom is 0.322 e. The van der Waals surface area contributed by atoms with Gasteiger partial charge in [-0.3, -0.25) is 4.79 Å². The number of benzene rings is 2. The molecule has 0 aromatic heterocycles. The van der Waals surface area contributed by atoms with Crippen LogP contribution in [0.15, 0.2) is 54.6 Å². The van der Waals surface area contributed by atoms with Crippen LogP contribution in [0.2, 0.25) is 0 Å². The number of hydrogen-bond acceptors (Lipinski definition) is 2. The van der Waals surface area contributed by atoms with Gasteiger partial charge in [0.25, 0.3) is 0 Å². The number of carbonyl (C=O) groups is 2. The highest BCUT2D eigenvalue weighted by molar-refractivity contribution is 5.94. The molecule has 0 unspecified atom stereocenters. The van der Waals surface area contributed by atoms with E-state index in [1.165, 1.54) is 0 Å². The van der Waals surface area contributed by atoms with Gasteiger partial charge in [0.15, 0.2) is 0 Å². The van der Waals surface area contributed by atoms with Crippen molar-refractivity contribution in [1.29, 1.82) is 0 Å². The monoisotopic (exact) mass is 337 g/mol. The van der Waals surface area contributed by atoms with E-state index in [-0.39, 0.29) is 11.9 Å². The molecule has 1 aliphatic rings. The molecule has 130 valence electrons. The Bertz CT molecular complexity index is 746. The maximum absolute atomic E-state index is 12.5. The average Bonchev–Trinajstić information content (AvgIpc) is 3.10. The first-order chi connectivity index (χ1) is 12.1. The zero-order valence-corrected chi connectivity index (χ0v) is 14.4. The Labute approximate surface area is 148 Å². The summed E-state index contributed by atoms with van der Waals surface area (Å²) in [6.45, 7) is 3.05. The van der Waals surface area contributed by atoms with Gasteiger partial charge >= 0.3 is 6.03 Å². The molecule has 0 radical (unpaired) electrons. The quantitative estimate of drug-likeness (QED) is 0.899. The third kappa shape index (κ3) is 4.38. The number of anilines is 1. The largest absolute Gasteiger partial charge is 0.350 e. The summed E-state index contributed by atoms with van der Waals surface area (Å²) in [7, 11) is 0. The zero-order valence-electron chi connectivity index (χ0n) is 14.4.